The molecule has 4 rings (SSSR count). The summed E-state index contributed by atoms with van der Waals surface area (Å²) in [5, 5.41) is 20.4. The molecule has 0 bridgehead atoms. The summed E-state index contributed by atoms with van der Waals surface area (Å²) in [6.07, 6.45) is 6.86. The molecule has 26 heavy (non-hydrogen) atoms. The largest absolute Gasteiger partial charge is 0.393 e. The maximum atomic E-state index is 12.9. The fourth-order valence-electron chi connectivity index (χ4n) is 3.77. The highest BCUT2D eigenvalue weighted by atomic mass is 32.1. The van der Waals surface area contributed by atoms with Gasteiger partial charge in [-0.15, -0.1) is 11.3 Å². The van der Waals surface area contributed by atoms with Crippen LogP contribution in [0.25, 0.3) is 10.6 Å². The van der Waals surface area contributed by atoms with Crippen molar-refractivity contribution < 1.29 is 15.0 Å². The summed E-state index contributed by atoms with van der Waals surface area (Å²) in [7, 11) is 0. The third-order valence-corrected chi connectivity index (χ3v) is 6.72. The minimum absolute atomic E-state index is 0.0322. The zero-order valence-electron chi connectivity index (χ0n) is 14.6. The first-order valence-electron chi connectivity index (χ1n) is 9.09. The van der Waals surface area contributed by atoms with Crippen LogP contribution in [-0.2, 0) is 17.6 Å². The van der Waals surface area contributed by atoms with E-state index >= 15 is 0 Å². The molecule has 1 aliphatic heterocycles. The zero-order valence-corrected chi connectivity index (χ0v) is 15.4. The van der Waals surface area contributed by atoms with Crippen molar-refractivity contribution in [2.45, 2.75) is 37.7 Å². The van der Waals surface area contributed by atoms with Gasteiger partial charge in [-0.05, 0) is 37.8 Å². The number of rotatable bonds is 3. The predicted molar refractivity (Wildman–Crippen MR) is 98.7 cm³/mol. The van der Waals surface area contributed by atoms with Crippen LogP contribution >= 0.6 is 11.3 Å². The van der Waals surface area contributed by atoms with E-state index in [-0.39, 0.29) is 18.4 Å². The smallest absolute Gasteiger partial charge is 0.226 e. The number of hydrogen-bond donors (Lipinski definition) is 2. The van der Waals surface area contributed by atoms with Gasteiger partial charge in [-0.3, -0.25) is 9.78 Å². The van der Waals surface area contributed by atoms with Crippen molar-refractivity contribution in [2.24, 2.45) is 5.92 Å². The summed E-state index contributed by atoms with van der Waals surface area (Å²) in [6.45, 7) is 0.787. The first kappa shape index (κ1) is 17.6. The second kappa shape index (κ2) is 7.06. The second-order valence-corrected chi connectivity index (χ2v) is 8.36. The van der Waals surface area contributed by atoms with Crippen LogP contribution in [0.15, 0.2) is 24.5 Å². The lowest BCUT2D eigenvalue weighted by Crippen LogP contribution is -2.50. The number of aliphatic hydroxyl groups excluding tert-OH is 1. The molecule has 0 aromatic carbocycles. The molecule has 0 saturated carbocycles. The Morgan fingerprint density at radius 2 is 2.04 bits per heavy atom. The number of carbonyl (C=O) groups excluding carboxylic acids is 1. The Bertz CT molecular complexity index is 785. The summed E-state index contributed by atoms with van der Waals surface area (Å²) in [5.41, 5.74) is 1.10. The van der Waals surface area contributed by atoms with E-state index in [1.807, 2.05) is 17.0 Å². The predicted octanol–water partition coefficient (Wildman–Crippen LogP) is 1.66. The maximum Gasteiger partial charge on any atom is 0.226 e. The Morgan fingerprint density at radius 3 is 2.73 bits per heavy atom. The lowest BCUT2D eigenvalue weighted by molar-refractivity contribution is -0.141. The van der Waals surface area contributed by atoms with E-state index in [1.54, 1.807) is 23.7 Å². The first-order chi connectivity index (χ1) is 12.6. The van der Waals surface area contributed by atoms with Gasteiger partial charge >= 0.3 is 0 Å². The van der Waals surface area contributed by atoms with Gasteiger partial charge in [0.25, 0.3) is 0 Å². The van der Waals surface area contributed by atoms with Gasteiger partial charge in [0.05, 0.1) is 17.9 Å². The molecule has 2 aromatic heterocycles. The molecule has 1 atom stereocenters. The van der Waals surface area contributed by atoms with Gasteiger partial charge in [-0.1, -0.05) is 0 Å². The Kier molecular flexibility index (Phi) is 4.77. The Balaban J connectivity index is 1.44. The van der Waals surface area contributed by atoms with Crippen molar-refractivity contribution in [1.82, 2.24) is 14.9 Å². The van der Waals surface area contributed by atoms with E-state index in [2.05, 4.69) is 4.98 Å². The van der Waals surface area contributed by atoms with Crippen LogP contribution in [0.1, 0.15) is 29.8 Å². The third kappa shape index (κ3) is 3.39. The van der Waals surface area contributed by atoms with Crippen LogP contribution in [0.5, 0.6) is 0 Å². The molecule has 2 aliphatic rings. The SMILES string of the molecule is O=C(C1CCc2sc(-c3ccncc3)nc2C1)N1CCC(O)(CO)CC1. The number of amides is 1. The third-order valence-electron chi connectivity index (χ3n) is 5.51. The molecule has 0 radical (unpaired) electrons. The molecular weight excluding hydrogens is 350 g/mol. The number of nitrogens with zero attached hydrogens (tertiary/aromatic N) is 3. The van der Waals surface area contributed by atoms with Crippen molar-refractivity contribution >= 4 is 17.2 Å². The van der Waals surface area contributed by atoms with Gasteiger partial charge < -0.3 is 15.1 Å². The number of aromatic nitrogens is 2. The lowest BCUT2D eigenvalue weighted by atomic mass is 9.87. The summed E-state index contributed by atoms with van der Waals surface area (Å²) in [6, 6.07) is 3.92. The minimum Gasteiger partial charge on any atom is -0.393 e. The van der Waals surface area contributed by atoms with Crippen LogP contribution in [0.3, 0.4) is 0 Å². The van der Waals surface area contributed by atoms with E-state index in [1.165, 1.54) is 4.88 Å². The summed E-state index contributed by atoms with van der Waals surface area (Å²) in [4.78, 5) is 24.8. The van der Waals surface area contributed by atoms with E-state index in [9.17, 15) is 15.0 Å². The van der Waals surface area contributed by atoms with Gasteiger partial charge in [-0.25, -0.2) is 4.98 Å². The average molecular weight is 373 g/mol. The van der Waals surface area contributed by atoms with Crippen LogP contribution in [0, 0.1) is 5.92 Å². The lowest BCUT2D eigenvalue weighted by Gasteiger charge is -2.38. The molecular formula is C19H23N3O3S. The summed E-state index contributed by atoms with van der Waals surface area (Å²) >= 11 is 1.72. The number of thiazole rings is 1. The summed E-state index contributed by atoms with van der Waals surface area (Å²) < 4.78 is 0. The van der Waals surface area contributed by atoms with E-state index in [0.29, 0.717) is 32.4 Å². The standard InChI is InChI=1S/C19H23N3O3S/c23-12-19(25)5-9-22(10-6-19)18(24)14-1-2-16-15(11-14)21-17(26-16)13-3-7-20-8-4-13/h3-4,7-8,14,23,25H,1-2,5-6,9-12H2. The monoisotopic (exact) mass is 373 g/mol. The molecule has 1 fully saturated rings. The molecule has 1 aliphatic carbocycles. The van der Waals surface area contributed by atoms with Crippen molar-refractivity contribution in [3.05, 3.63) is 35.1 Å². The highest BCUT2D eigenvalue weighted by Crippen LogP contribution is 2.35. The molecule has 0 spiro atoms. The first-order valence-corrected chi connectivity index (χ1v) is 9.91. The molecule has 2 aromatic rings. The highest BCUT2D eigenvalue weighted by Gasteiger charge is 2.36. The van der Waals surface area contributed by atoms with E-state index in [0.717, 1.165) is 29.1 Å². The molecule has 1 saturated heterocycles. The van der Waals surface area contributed by atoms with Crippen LogP contribution in [-0.4, -0.2) is 56.3 Å². The van der Waals surface area contributed by atoms with Gasteiger partial charge in [-0.2, -0.15) is 0 Å². The average Bonchev–Trinajstić information content (AvgIpc) is 3.12. The highest BCUT2D eigenvalue weighted by molar-refractivity contribution is 7.15. The van der Waals surface area contributed by atoms with Crippen molar-refractivity contribution in [3.63, 3.8) is 0 Å². The van der Waals surface area contributed by atoms with Crippen LogP contribution < -0.4 is 0 Å². The fourth-order valence-corrected chi connectivity index (χ4v) is 4.88. The Morgan fingerprint density at radius 1 is 1.31 bits per heavy atom. The quantitative estimate of drug-likeness (QED) is 0.854. The number of aliphatic hydroxyl groups is 2. The molecule has 2 N–H and O–H groups in total. The van der Waals surface area contributed by atoms with Gasteiger partial charge in [0, 0.05) is 48.3 Å². The normalized spacial score (nSPS) is 22.1. The van der Waals surface area contributed by atoms with Crippen molar-refractivity contribution in [3.8, 4) is 10.6 Å². The number of hydrogen-bond acceptors (Lipinski definition) is 6. The number of pyridine rings is 1. The maximum absolute atomic E-state index is 12.9. The van der Waals surface area contributed by atoms with E-state index in [4.69, 9.17) is 4.98 Å². The van der Waals surface area contributed by atoms with Crippen LogP contribution in [0.2, 0.25) is 0 Å². The molecule has 3 heterocycles. The Hall–Kier alpha value is -1.83. The van der Waals surface area contributed by atoms with E-state index < -0.39 is 5.60 Å². The molecule has 6 nitrogen and oxygen atoms in total. The molecule has 1 unspecified atom stereocenters. The van der Waals surface area contributed by atoms with Crippen LogP contribution in [0.4, 0.5) is 0 Å². The molecule has 1 amide bonds. The topological polar surface area (TPSA) is 86.6 Å². The summed E-state index contributed by atoms with van der Waals surface area (Å²) in [5.74, 6) is 0.129. The van der Waals surface area contributed by atoms with Gasteiger partial charge in [0.15, 0.2) is 0 Å². The van der Waals surface area contributed by atoms with Gasteiger partial charge in [0.2, 0.25) is 5.91 Å². The second-order valence-electron chi connectivity index (χ2n) is 7.27. The Labute approximate surface area is 156 Å². The number of fused-ring (bicyclic) bond motifs is 1. The molecule has 7 heteroatoms. The number of carbonyl (C=O) groups is 1. The van der Waals surface area contributed by atoms with Crippen molar-refractivity contribution in [2.75, 3.05) is 19.7 Å². The van der Waals surface area contributed by atoms with Crippen molar-refractivity contribution in [1.29, 1.82) is 0 Å². The minimum atomic E-state index is -1.02. The number of likely N-dealkylation sites (tertiary alicyclic amines) is 1. The zero-order chi connectivity index (χ0) is 18.1. The molecule has 138 valence electrons. The fraction of sp³-hybridized carbons (Fsp3) is 0.526. The number of aryl methyl sites for hydroxylation is 1. The number of piperidine rings is 1. The van der Waals surface area contributed by atoms with Gasteiger partial charge in [0.1, 0.15) is 5.01 Å².